The molecule has 1 heterocycles. The van der Waals surface area contributed by atoms with Crippen LogP contribution in [-0.2, 0) is 6.42 Å². The molecule has 3 nitrogen and oxygen atoms in total. The molecule has 2 rings (SSSR count). The van der Waals surface area contributed by atoms with Crippen molar-refractivity contribution in [2.75, 3.05) is 6.54 Å². The number of para-hydroxylation sites is 1. The number of rotatable bonds is 3. The van der Waals surface area contributed by atoms with Gasteiger partial charge in [0.05, 0.1) is 12.6 Å². The summed E-state index contributed by atoms with van der Waals surface area (Å²) in [4.78, 5) is 0. The van der Waals surface area contributed by atoms with E-state index in [9.17, 15) is 13.2 Å². The lowest BCUT2D eigenvalue weighted by molar-refractivity contribution is -0.125. The molecule has 1 N–H and O–H groups in total. The average Bonchev–Trinajstić information content (AvgIpc) is 2.63. The lowest BCUT2D eigenvalue weighted by atomic mass is 9.98. The van der Waals surface area contributed by atoms with E-state index in [0.717, 1.165) is 5.56 Å². The summed E-state index contributed by atoms with van der Waals surface area (Å²) in [6.07, 6.45) is -3.68. The average molecular weight is 284 g/mol. The molecular weight excluding hydrogens is 269 g/mol. The Hall–Kier alpha value is -1.74. The zero-order chi connectivity index (χ0) is 15.0. The second-order valence-electron chi connectivity index (χ2n) is 5.43. The molecule has 1 aliphatic rings. The Balaban J connectivity index is 2.25. The number of ether oxygens (including phenoxy) is 1. The highest BCUT2D eigenvalue weighted by Crippen LogP contribution is 2.39. The fraction of sp³-hybridized carbons (Fsp3) is 0.500. The summed E-state index contributed by atoms with van der Waals surface area (Å²) < 4.78 is 42.6. The molecule has 108 valence electrons. The van der Waals surface area contributed by atoms with E-state index in [2.05, 4.69) is 5.32 Å². The molecule has 1 aromatic carbocycles. The first-order valence-electron chi connectivity index (χ1n) is 6.22. The minimum atomic E-state index is -4.35. The zero-order valence-electron chi connectivity index (χ0n) is 11.2. The molecule has 0 spiro atoms. The molecule has 1 aliphatic heterocycles. The number of alkyl halides is 3. The summed E-state index contributed by atoms with van der Waals surface area (Å²) in [7, 11) is 0. The van der Waals surface area contributed by atoms with Crippen LogP contribution in [0.5, 0.6) is 5.75 Å². The van der Waals surface area contributed by atoms with Gasteiger partial charge >= 0.3 is 6.18 Å². The fourth-order valence-corrected chi connectivity index (χ4v) is 2.31. The van der Waals surface area contributed by atoms with Crippen LogP contribution < -0.4 is 10.1 Å². The number of nitrogens with one attached hydrogen (secondary N) is 1. The Labute approximate surface area is 115 Å². The first-order chi connectivity index (χ1) is 9.22. The first-order valence-corrected chi connectivity index (χ1v) is 6.22. The molecule has 0 radical (unpaired) electrons. The van der Waals surface area contributed by atoms with Gasteiger partial charge in [-0.3, -0.25) is 5.32 Å². The van der Waals surface area contributed by atoms with E-state index < -0.39 is 24.4 Å². The standard InChI is InChI=1S/C14H15F3N2O/c1-13(2)6-9-4-3-5-10(12(9)20-13)11(7-18)19-8-14(15,16)17/h3-5,11,19H,6,8H2,1-2H3. The van der Waals surface area contributed by atoms with Gasteiger partial charge in [0.15, 0.2) is 0 Å². The number of benzene rings is 1. The van der Waals surface area contributed by atoms with Gasteiger partial charge in [-0.2, -0.15) is 18.4 Å². The Morgan fingerprint density at radius 1 is 1.45 bits per heavy atom. The molecule has 0 saturated carbocycles. The second kappa shape index (κ2) is 4.98. The lowest BCUT2D eigenvalue weighted by Crippen LogP contribution is -2.32. The molecule has 6 heteroatoms. The van der Waals surface area contributed by atoms with Crippen molar-refractivity contribution in [1.82, 2.24) is 5.32 Å². The third-order valence-corrected chi connectivity index (χ3v) is 3.07. The number of fused-ring (bicyclic) bond motifs is 1. The lowest BCUT2D eigenvalue weighted by Gasteiger charge is -2.20. The van der Waals surface area contributed by atoms with Crippen LogP contribution in [0.2, 0.25) is 0 Å². The van der Waals surface area contributed by atoms with Crippen molar-refractivity contribution >= 4 is 0 Å². The first kappa shape index (κ1) is 14.7. The molecule has 1 atom stereocenters. The van der Waals surface area contributed by atoms with E-state index >= 15 is 0 Å². The smallest absolute Gasteiger partial charge is 0.401 e. The van der Waals surface area contributed by atoms with E-state index in [-0.39, 0.29) is 0 Å². The number of hydrogen-bond donors (Lipinski definition) is 1. The predicted molar refractivity (Wildman–Crippen MR) is 67.3 cm³/mol. The van der Waals surface area contributed by atoms with Crippen molar-refractivity contribution in [1.29, 1.82) is 5.26 Å². The van der Waals surface area contributed by atoms with Crippen molar-refractivity contribution in [2.45, 2.75) is 38.1 Å². The van der Waals surface area contributed by atoms with E-state index in [1.54, 1.807) is 12.1 Å². The molecule has 0 aromatic heterocycles. The van der Waals surface area contributed by atoms with Crippen LogP contribution in [-0.4, -0.2) is 18.3 Å². The molecule has 1 unspecified atom stereocenters. The minimum Gasteiger partial charge on any atom is -0.487 e. The Kier molecular flexibility index (Phi) is 3.65. The third-order valence-electron chi connectivity index (χ3n) is 3.07. The quantitative estimate of drug-likeness (QED) is 0.927. The molecule has 1 aromatic rings. The molecule has 0 saturated heterocycles. The summed E-state index contributed by atoms with van der Waals surface area (Å²) in [5.74, 6) is 0.527. The van der Waals surface area contributed by atoms with E-state index in [1.807, 2.05) is 26.0 Å². The van der Waals surface area contributed by atoms with Gasteiger partial charge in [-0.25, -0.2) is 0 Å². The van der Waals surface area contributed by atoms with Crippen LogP contribution >= 0.6 is 0 Å². The predicted octanol–water partition coefficient (Wildman–Crippen LogP) is 3.12. The van der Waals surface area contributed by atoms with Gasteiger partial charge in [-0.05, 0) is 19.4 Å². The minimum absolute atomic E-state index is 0.400. The van der Waals surface area contributed by atoms with Crippen molar-refractivity contribution in [2.24, 2.45) is 0 Å². The van der Waals surface area contributed by atoms with Crippen LogP contribution in [0.1, 0.15) is 31.0 Å². The molecule has 0 amide bonds. The Morgan fingerprint density at radius 3 is 2.75 bits per heavy atom. The van der Waals surface area contributed by atoms with Crippen LogP contribution in [0.15, 0.2) is 18.2 Å². The Morgan fingerprint density at radius 2 is 2.15 bits per heavy atom. The van der Waals surface area contributed by atoms with Crippen molar-refractivity contribution in [3.63, 3.8) is 0 Å². The molecular formula is C14H15F3N2O. The fourth-order valence-electron chi connectivity index (χ4n) is 2.31. The molecule has 0 fully saturated rings. The van der Waals surface area contributed by atoms with Gasteiger partial charge < -0.3 is 4.74 Å². The van der Waals surface area contributed by atoms with E-state index in [0.29, 0.717) is 17.7 Å². The number of halogens is 3. The van der Waals surface area contributed by atoms with Crippen molar-refractivity contribution < 1.29 is 17.9 Å². The van der Waals surface area contributed by atoms with E-state index in [4.69, 9.17) is 10.00 Å². The summed E-state index contributed by atoms with van der Waals surface area (Å²) in [6.45, 7) is 2.60. The van der Waals surface area contributed by atoms with Gasteiger partial charge in [-0.1, -0.05) is 18.2 Å². The molecule has 20 heavy (non-hydrogen) atoms. The number of hydrogen-bond acceptors (Lipinski definition) is 3. The number of nitriles is 1. The monoisotopic (exact) mass is 284 g/mol. The summed E-state index contributed by atoms with van der Waals surface area (Å²) >= 11 is 0. The van der Waals surface area contributed by atoms with Crippen molar-refractivity contribution in [3.8, 4) is 11.8 Å². The summed E-state index contributed by atoms with van der Waals surface area (Å²) in [5, 5.41) is 11.3. The zero-order valence-corrected chi connectivity index (χ0v) is 11.2. The second-order valence-corrected chi connectivity index (χ2v) is 5.43. The highest BCUT2D eigenvalue weighted by Gasteiger charge is 2.34. The van der Waals surface area contributed by atoms with Crippen molar-refractivity contribution in [3.05, 3.63) is 29.3 Å². The maximum Gasteiger partial charge on any atom is 0.401 e. The number of nitrogens with zero attached hydrogens (tertiary/aromatic N) is 1. The van der Waals surface area contributed by atoms with Gasteiger partial charge in [0.25, 0.3) is 0 Å². The highest BCUT2D eigenvalue weighted by atomic mass is 19.4. The summed E-state index contributed by atoms with van der Waals surface area (Å²) in [5.41, 5.74) is 0.976. The normalized spacial score (nSPS) is 18.0. The van der Waals surface area contributed by atoms with Crippen LogP contribution in [0.4, 0.5) is 13.2 Å². The third kappa shape index (κ3) is 3.23. The Bertz CT molecular complexity index is 546. The SMILES string of the molecule is CC1(C)Cc2cccc(C(C#N)NCC(F)(F)F)c2O1. The van der Waals surface area contributed by atoms with Gasteiger partial charge in [0.1, 0.15) is 17.4 Å². The van der Waals surface area contributed by atoms with Gasteiger partial charge in [0, 0.05) is 12.0 Å². The maximum absolute atomic E-state index is 12.3. The molecule has 0 bridgehead atoms. The summed E-state index contributed by atoms with van der Waals surface area (Å²) in [6, 6.07) is 6.04. The van der Waals surface area contributed by atoms with Crippen LogP contribution in [0.3, 0.4) is 0 Å². The molecule has 0 aliphatic carbocycles. The maximum atomic E-state index is 12.3. The van der Waals surface area contributed by atoms with Gasteiger partial charge in [-0.15, -0.1) is 0 Å². The topological polar surface area (TPSA) is 45.0 Å². The van der Waals surface area contributed by atoms with Crippen LogP contribution in [0.25, 0.3) is 0 Å². The largest absolute Gasteiger partial charge is 0.487 e. The van der Waals surface area contributed by atoms with E-state index in [1.165, 1.54) is 0 Å². The van der Waals surface area contributed by atoms with Gasteiger partial charge in [0.2, 0.25) is 0 Å². The highest BCUT2D eigenvalue weighted by molar-refractivity contribution is 5.48. The van der Waals surface area contributed by atoms with Crippen LogP contribution in [0, 0.1) is 11.3 Å².